The number of hydrogen-bond donors (Lipinski definition) is 1. The van der Waals surface area contributed by atoms with E-state index in [0.717, 1.165) is 29.8 Å². The fourth-order valence-electron chi connectivity index (χ4n) is 1.76. The summed E-state index contributed by atoms with van der Waals surface area (Å²) in [6.45, 7) is 7.40. The minimum absolute atomic E-state index is 0.217. The first-order valence-electron chi connectivity index (χ1n) is 5.33. The summed E-state index contributed by atoms with van der Waals surface area (Å²) in [5.74, 6) is -0.257. The summed E-state index contributed by atoms with van der Waals surface area (Å²) in [4.78, 5) is 10.9. The van der Waals surface area contributed by atoms with Crippen LogP contribution in [0.5, 0.6) is 0 Å². The van der Waals surface area contributed by atoms with Crippen LogP contribution in [-0.2, 0) is 22.4 Å². The fraction of sp³-hybridized carbons (Fsp3) is 0.636. The summed E-state index contributed by atoms with van der Waals surface area (Å²) in [6, 6.07) is 0. The smallest absolute Gasteiger partial charge is 0.303 e. The molecule has 1 aromatic heterocycles. The van der Waals surface area contributed by atoms with Crippen molar-refractivity contribution in [3.05, 3.63) is 17.0 Å². The Morgan fingerprint density at radius 3 is 2.60 bits per heavy atom. The summed E-state index contributed by atoms with van der Waals surface area (Å²) in [7, 11) is 0. The molecule has 0 amide bonds. The van der Waals surface area contributed by atoms with Gasteiger partial charge in [-0.2, -0.15) is 5.10 Å². The summed E-state index contributed by atoms with van der Waals surface area (Å²) < 4.78 is 5.18. The van der Waals surface area contributed by atoms with Gasteiger partial charge in [-0.1, -0.05) is 13.8 Å². The van der Waals surface area contributed by atoms with Crippen LogP contribution in [-0.4, -0.2) is 16.2 Å². The molecule has 0 bridgehead atoms. The van der Waals surface area contributed by atoms with Crippen LogP contribution in [0.15, 0.2) is 0 Å². The van der Waals surface area contributed by atoms with Gasteiger partial charge in [-0.15, -0.1) is 0 Å². The molecule has 1 aromatic rings. The quantitative estimate of drug-likeness (QED) is 0.775. The summed E-state index contributed by atoms with van der Waals surface area (Å²) >= 11 is 0. The van der Waals surface area contributed by atoms with Crippen molar-refractivity contribution in [1.29, 1.82) is 0 Å². The van der Waals surface area contributed by atoms with Gasteiger partial charge in [0, 0.05) is 18.2 Å². The molecule has 1 atom stereocenters. The molecule has 1 unspecified atom stereocenters. The molecule has 4 nitrogen and oxygen atoms in total. The van der Waals surface area contributed by atoms with Crippen molar-refractivity contribution in [2.45, 2.75) is 46.6 Å². The van der Waals surface area contributed by atoms with E-state index in [4.69, 9.17) is 4.74 Å². The average molecular weight is 210 g/mol. The topological polar surface area (TPSA) is 55.0 Å². The lowest BCUT2D eigenvalue weighted by atomic mass is 10.0. The Morgan fingerprint density at radius 2 is 2.13 bits per heavy atom. The van der Waals surface area contributed by atoms with Crippen LogP contribution in [0.1, 0.15) is 50.8 Å². The highest BCUT2D eigenvalue weighted by Gasteiger charge is 2.19. The number of carbonyl (C=O) groups excluding carboxylic acids is 1. The maximum absolute atomic E-state index is 10.9. The molecule has 1 rings (SSSR count). The number of hydrogen-bond acceptors (Lipinski definition) is 3. The SMILES string of the molecule is CCc1n[nH]c(CC)c1C(C)OC(C)=O. The van der Waals surface area contributed by atoms with Gasteiger partial charge in [0.1, 0.15) is 6.10 Å². The van der Waals surface area contributed by atoms with Crippen molar-refractivity contribution in [1.82, 2.24) is 10.2 Å². The van der Waals surface area contributed by atoms with Gasteiger partial charge in [-0.25, -0.2) is 0 Å². The first-order valence-corrected chi connectivity index (χ1v) is 5.33. The molecular weight excluding hydrogens is 192 g/mol. The lowest BCUT2D eigenvalue weighted by Crippen LogP contribution is -2.08. The van der Waals surface area contributed by atoms with Gasteiger partial charge >= 0.3 is 5.97 Å². The van der Waals surface area contributed by atoms with Crippen LogP contribution in [0.4, 0.5) is 0 Å². The van der Waals surface area contributed by atoms with Crippen molar-refractivity contribution in [3.8, 4) is 0 Å². The second-order valence-corrected chi connectivity index (χ2v) is 3.52. The molecule has 0 aromatic carbocycles. The Labute approximate surface area is 90.0 Å². The van der Waals surface area contributed by atoms with Crippen LogP contribution < -0.4 is 0 Å². The molecule has 0 fully saturated rings. The van der Waals surface area contributed by atoms with E-state index in [-0.39, 0.29) is 12.1 Å². The Morgan fingerprint density at radius 1 is 1.47 bits per heavy atom. The normalized spacial score (nSPS) is 12.5. The number of aryl methyl sites for hydroxylation is 2. The van der Waals surface area contributed by atoms with E-state index >= 15 is 0 Å². The predicted molar refractivity (Wildman–Crippen MR) is 57.5 cm³/mol. The monoisotopic (exact) mass is 210 g/mol. The summed E-state index contributed by atoms with van der Waals surface area (Å²) in [5.41, 5.74) is 3.08. The molecule has 84 valence electrons. The Kier molecular flexibility index (Phi) is 3.88. The van der Waals surface area contributed by atoms with E-state index in [1.165, 1.54) is 6.92 Å². The Bertz CT molecular complexity index is 323. The van der Waals surface area contributed by atoms with Crippen molar-refractivity contribution in [2.75, 3.05) is 0 Å². The highest BCUT2D eigenvalue weighted by molar-refractivity contribution is 5.66. The molecule has 0 radical (unpaired) electrons. The molecule has 1 N–H and O–H groups in total. The number of aromatic amines is 1. The van der Waals surface area contributed by atoms with E-state index in [0.29, 0.717) is 0 Å². The number of nitrogens with zero attached hydrogens (tertiary/aromatic N) is 1. The number of aromatic nitrogens is 2. The van der Waals surface area contributed by atoms with Gasteiger partial charge < -0.3 is 4.74 Å². The maximum Gasteiger partial charge on any atom is 0.303 e. The fourth-order valence-corrected chi connectivity index (χ4v) is 1.76. The molecule has 15 heavy (non-hydrogen) atoms. The average Bonchev–Trinajstić information content (AvgIpc) is 2.58. The van der Waals surface area contributed by atoms with E-state index in [9.17, 15) is 4.79 Å². The van der Waals surface area contributed by atoms with Gasteiger partial charge in [0.2, 0.25) is 0 Å². The van der Waals surface area contributed by atoms with Crippen LogP contribution >= 0.6 is 0 Å². The number of ether oxygens (including phenoxy) is 1. The third-order valence-corrected chi connectivity index (χ3v) is 2.40. The number of rotatable bonds is 4. The van der Waals surface area contributed by atoms with Crippen LogP contribution in [0.3, 0.4) is 0 Å². The number of nitrogens with one attached hydrogen (secondary N) is 1. The standard InChI is InChI=1S/C11H18N2O2/c1-5-9-11(7(3)15-8(4)14)10(6-2)13-12-9/h7H,5-6H2,1-4H3,(H,12,13). The minimum atomic E-state index is -0.257. The van der Waals surface area contributed by atoms with Crippen molar-refractivity contribution in [2.24, 2.45) is 0 Å². The second-order valence-electron chi connectivity index (χ2n) is 3.52. The first kappa shape index (κ1) is 11.8. The molecule has 0 saturated heterocycles. The predicted octanol–water partition coefficient (Wildman–Crippen LogP) is 2.16. The van der Waals surface area contributed by atoms with Gasteiger partial charge in [0.15, 0.2) is 0 Å². The molecule has 0 aliphatic heterocycles. The van der Waals surface area contributed by atoms with Crippen LogP contribution in [0.2, 0.25) is 0 Å². The van der Waals surface area contributed by atoms with Crippen LogP contribution in [0, 0.1) is 0 Å². The Hall–Kier alpha value is -1.32. The molecule has 4 heteroatoms. The first-order chi connectivity index (χ1) is 7.10. The van der Waals surface area contributed by atoms with Gasteiger partial charge in [0.25, 0.3) is 0 Å². The summed E-state index contributed by atoms with van der Waals surface area (Å²) in [5, 5.41) is 7.21. The number of esters is 1. The minimum Gasteiger partial charge on any atom is -0.458 e. The Balaban J connectivity index is 2.98. The molecule has 0 aliphatic rings. The lowest BCUT2D eigenvalue weighted by molar-refractivity contribution is -0.145. The lowest BCUT2D eigenvalue weighted by Gasteiger charge is -2.13. The number of carbonyl (C=O) groups is 1. The highest BCUT2D eigenvalue weighted by Crippen LogP contribution is 2.24. The molecule has 0 spiro atoms. The van der Waals surface area contributed by atoms with Gasteiger partial charge in [-0.05, 0) is 19.8 Å². The third-order valence-electron chi connectivity index (χ3n) is 2.40. The highest BCUT2D eigenvalue weighted by atomic mass is 16.5. The molecule has 0 aliphatic carbocycles. The van der Waals surface area contributed by atoms with Gasteiger partial charge in [0.05, 0.1) is 5.69 Å². The number of H-pyrrole nitrogens is 1. The summed E-state index contributed by atoms with van der Waals surface area (Å²) in [6.07, 6.45) is 1.50. The maximum atomic E-state index is 10.9. The zero-order valence-electron chi connectivity index (χ0n) is 9.76. The van der Waals surface area contributed by atoms with Crippen molar-refractivity contribution in [3.63, 3.8) is 0 Å². The van der Waals surface area contributed by atoms with Crippen LogP contribution in [0.25, 0.3) is 0 Å². The second kappa shape index (κ2) is 4.96. The van der Waals surface area contributed by atoms with Gasteiger partial charge in [-0.3, -0.25) is 9.89 Å². The van der Waals surface area contributed by atoms with E-state index in [1.54, 1.807) is 0 Å². The largest absolute Gasteiger partial charge is 0.458 e. The zero-order valence-corrected chi connectivity index (χ0v) is 9.76. The van der Waals surface area contributed by atoms with E-state index in [2.05, 4.69) is 17.1 Å². The van der Waals surface area contributed by atoms with Crippen molar-refractivity contribution >= 4 is 5.97 Å². The van der Waals surface area contributed by atoms with Crippen molar-refractivity contribution < 1.29 is 9.53 Å². The molecular formula is C11H18N2O2. The van der Waals surface area contributed by atoms with E-state index < -0.39 is 0 Å². The molecule has 0 saturated carbocycles. The van der Waals surface area contributed by atoms with E-state index in [1.807, 2.05) is 13.8 Å². The zero-order chi connectivity index (χ0) is 11.4. The molecule has 1 heterocycles. The third kappa shape index (κ3) is 2.58.